The predicted octanol–water partition coefficient (Wildman–Crippen LogP) is 2.89. The maximum atomic E-state index is 13.2. The van der Waals surface area contributed by atoms with Gasteiger partial charge in [0.2, 0.25) is 0 Å². The van der Waals surface area contributed by atoms with Gasteiger partial charge in [-0.2, -0.15) is 5.10 Å². The molecule has 0 bridgehead atoms. The molecule has 0 spiro atoms. The number of carbonyl (C=O) groups excluding carboxylic acids is 1. The van der Waals surface area contributed by atoms with E-state index in [4.69, 9.17) is 0 Å². The second-order valence-corrected chi connectivity index (χ2v) is 7.56. The number of aromatic nitrogens is 2. The molecule has 1 aromatic heterocycles. The van der Waals surface area contributed by atoms with Gasteiger partial charge < -0.3 is 10.2 Å². The molecule has 6 heteroatoms. The highest BCUT2D eigenvalue weighted by Crippen LogP contribution is 2.24. The lowest BCUT2D eigenvalue weighted by Gasteiger charge is -2.25. The fourth-order valence-electron chi connectivity index (χ4n) is 2.78. The van der Waals surface area contributed by atoms with Crippen molar-refractivity contribution in [3.63, 3.8) is 0 Å². The van der Waals surface area contributed by atoms with Gasteiger partial charge in [-0.05, 0) is 31.8 Å². The van der Waals surface area contributed by atoms with E-state index in [9.17, 15) is 9.18 Å². The molecule has 1 aromatic carbocycles. The number of halogens is 1. The summed E-state index contributed by atoms with van der Waals surface area (Å²) in [5, 5.41) is 7.43. The van der Waals surface area contributed by atoms with Crippen LogP contribution in [0.15, 0.2) is 30.5 Å². The van der Waals surface area contributed by atoms with E-state index in [1.165, 1.54) is 12.1 Å². The molecule has 1 atom stereocenters. The first-order valence-corrected chi connectivity index (χ1v) is 8.34. The number of likely N-dealkylation sites (N-methyl/N-ethyl adjacent to an activating group) is 1. The molecule has 136 valence electrons. The highest BCUT2D eigenvalue weighted by Gasteiger charge is 2.26. The third-order valence-corrected chi connectivity index (χ3v) is 4.12. The number of carbonyl (C=O) groups is 1. The van der Waals surface area contributed by atoms with Gasteiger partial charge >= 0.3 is 0 Å². The van der Waals surface area contributed by atoms with Gasteiger partial charge in [0, 0.05) is 25.2 Å². The van der Waals surface area contributed by atoms with Crippen LogP contribution in [-0.2, 0) is 12.5 Å². The van der Waals surface area contributed by atoms with Gasteiger partial charge in [-0.25, -0.2) is 4.39 Å². The minimum atomic E-state index is -0.268. The maximum Gasteiger partial charge on any atom is 0.254 e. The molecule has 0 saturated carbocycles. The Labute approximate surface area is 148 Å². The summed E-state index contributed by atoms with van der Waals surface area (Å²) in [7, 11) is 5.68. The number of nitrogens with zero attached hydrogens (tertiary/aromatic N) is 3. The van der Waals surface area contributed by atoms with Gasteiger partial charge in [-0.1, -0.05) is 32.9 Å². The molecular weight excluding hydrogens is 319 g/mol. The predicted molar refractivity (Wildman–Crippen MR) is 97.1 cm³/mol. The van der Waals surface area contributed by atoms with Crippen LogP contribution in [0.4, 0.5) is 4.39 Å². The van der Waals surface area contributed by atoms with Gasteiger partial charge in [-0.3, -0.25) is 9.48 Å². The minimum absolute atomic E-state index is 0.0423. The molecule has 2 aromatic rings. The van der Waals surface area contributed by atoms with Crippen LogP contribution in [0.1, 0.15) is 48.4 Å². The lowest BCUT2D eigenvalue weighted by atomic mass is 9.89. The normalized spacial score (nSPS) is 13.1. The second kappa shape index (κ2) is 7.35. The molecule has 0 fully saturated rings. The fraction of sp³-hybridized carbons (Fsp3) is 0.474. The lowest BCUT2D eigenvalue weighted by molar-refractivity contribution is 0.0939. The molecule has 0 aliphatic heterocycles. The molecule has 1 N–H and O–H groups in total. The smallest absolute Gasteiger partial charge is 0.254 e. The van der Waals surface area contributed by atoms with Crippen LogP contribution >= 0.6 is 0 Å². The van der Waals surface area contributed by atoms with Crippen LogP contribution in [0.25, 0.3) is 0 Å². The molecule has 5 nitrogen and oxygen atoms in total. The average Bonchev–Trinajstić information content (AvgIpc) is 2.91. The molecule has 0 radical (unpaired) electrons. The molecule has 1 amide bonds. The van der Waals surface area contributed by atoms with E-state index in [0.29, 0.717) is 12.1 Å². The van der Waals surface area contributed by atoms with Crippen molar-refractivity contribution in [2.75, 3.05) is 20.6 Å². The number of benzene rings is 1. The van der Waals surface area contributed by atoms with Crippen LogP contribution < -0.4 is 5.32 Å². The third-order valence-electron chi connectivity index (χ3n) is 4.12. The van der Waals surface area contributed by atoms with Crippen molar-refractivity contribution < 1.29 is 9.18 Å². The second-order valence-electron chi connectivity index (χ2n) is 7.56. The zero-order valence-electron chi connectivity index (χ0n) is 15.8. The summed E-state index contributed by atoms with van der Waals surface area (Å²) >= 11 is 0. The largest absolute Gasteiger partial charge is 0.350 e. The van der Waals surface area contributed by atoms with Gasteiger partial charge in [0.15, 0.2) is 0 Å². The van der Waals surface area contributed by atoms with E-state index in [0.717, 1.165) is 11.3 Å². The molecule has 0 aliphatic rings. The number of hydrogen-bond donors (Lipinski definition) is 1. The summed E-state index contributed by atoms with van der Waals surface area (Å²) in [5.41, 5.74) is 2.10. The quantitative estimate of drug-likeness (QED) is 0.906. The maximum absolute atomic E-state index is 13.2. The first-order chi connectivity index (χ1) is 11.6. The number of aryl methyl sites for hydroxylation is 1. The summed E-state index contributed by atoms with van der Waals surface area (Å²) in [6.07, 6.45) is 1.75. The van der Waals surface area contributed by atoms with E-state index < -0.39 is 0 Å². The van der Waals surface area contributed by atoms with Gasteiger partial charge in [0.05, 0.1) is 17.3 Å². The Hall–Kier alpha value is -2.21. The van der Waals surface area contributed by atoms with Crippen molar-refractivity contribution in [3.8, 4) is 0 Å². The molecular formula is C19H27FN4O. The van der Waals surface area contributed by atoms with Crippen LogP contribution in [0.5, 0.6) is 0 Å². The van der Waals surface area contributed by atoms with Crippen LogP contribution in [-0.4, -0.2) is 41.2 Å². The Balaban J connectivity index is 2.16. The molecule has 0 unspecified atom stereocenters. The van der Waals surface area contributed by atoms with Crippen molar-refractivity contribution in [2.24, 2.45) is 7.05 Å². The Morgan fingerprint density at radius 3 is 2.40 bits per heavy atom. The van der Waals surface area contributed by atoms with Crippen molar-refractivity contribution in [3.05, 3.63) is 53.1 Å². The molecule has 2 rings (SSSR count). The topological polar surface area (TPSA) is 50.2 Å². The van der Waals surface area contributed by atoms with Crippen molar-refractivity contribution in [2.45, 2.75) is 32.2 Å². The Morgan fingerprint density at radius 1 is 1.28 bits per heavy atom. The van der Waals surface area contributed by atoms with Crippen molar-refractivity contribution in [1.29, 1.82) is 0 Å². The van der Waals surface area contributed by atoms with Gasteiger partial charge in [-0.15, -0.1) is 0 Å². The molecule has 0 saturated heterocycles. The summed E-state index contributed by atoms with van der Waals surface area (Å²) in [6.45, 7) is 6.53. The van der Waals surface area contributed by atoms with Crippen LogP contribution in [0.3, 0.4) is 0 Å². The summed E-state index contributed by atoms with van der Waals surface area (Å²) < 4.78 is 14.8. The summed E-state index contributed by atoms with van der Waals surface area (Å²) in [6, 6.07) is 6.33. The van der Waals surface area contributed by atoms with Crippen LogP contribution in [0.2, 0.25) is 0 Å². The highest BCUT2D eigenvalue weighted by molar-refractivity contribution is 5.95. The van der Waals surface area contributed by atoms with Crippen molar-refractivity contribution in [1.82, 2.24) is 20.0 Å². The van der Waals surface area contributed by atoms with E-state index in [-0.39, 0.29) is 23.2 Å². The highest BCUT2D eigenvalue weighted by atomic mass is 19.1. The molecule has 25 heavy (non-hydrogen) atoms. The SMILES string of the molecule is CN(C)[C@H](CNC(=O)c1cn(C)nc1C(C)(C)C)c1ccc(F)cc1. The zero-order valence-corrected chi connectivity index (χ0v) is 15.8. The minimum Gasteiger partial charge on any atom is -0.350 e. The Morgan fingerprint density at radius 2 is 1.88 bits per heavy atom. The van der Waals surface area contributed by atoms with Gasteiger partial charge in [0.25, 0.3) is 5.91 Å². The first kappa shape index (κ1) is 19.1. The summed E-state index contributed by atoms with van der Waals surface area (Å²) in [5.74, 6) is -0.414. The summed E-state index contributed by atoms with van der Waals surface area (Å²) in [4.78, 5) is 14.7. The number of hydrogen-bond acceptors (Lipinski definition) is 3. The third kappa shape index (κ3) is 4.66. The van der Waals surface area contributed by atoms with Crippen LogP contribution in [0, 0.1) is 5.82 Å². The van der Waals surface area contributed by atoms with E-state index >= 15 is 0 Å². The standard InChI is InChI=1S/C19H27FN4O/c1-19(2,3)17-15(12-24(6)22-17)18(25)21-11-16(23(4)5)13-7-9-14(20)10-8-13/h7-10,12,16H,11H2,1-6H3,(H,21,25)/t16-/m1/s1. The van der Waals surface area contributed by atoms with Crippen molar-refractivity contribution >= 4 is 5.91 Å². The number of amides is 1. The number of rotatable bonds is 5. The Kier molecular flexibility index (Phi) is 5.62. The fourth-order valence-corrected chi connectivity index (χ4v) is 2.78. The average molecular weight is 346 g/mol. The lowest BCUT2D eigenvalue weighted by Crippen LogP contribution is -2.35. The van der Waals surface area contributed by atoms with Gasteiger partial charge in [0.1, 0.15) is 5.82 Å². The molecule has 0 aliphatic carbocycles. The Bertz CT molecular complexity index is 729. The monoisotopic (exact) mass is 346 g/mol. The van der Waals surface area contributed by atoms with E-state index in [1.54, 1.807) is 23.0 Å². The molecule has 1 heterocycles. The van der Waals surface area contributed by atoms with E-state index in [2.05, 4.69) is 10.4 Å². The van der Waals surface area contributed by atoms with E-state index in [1.807, 2.05) is 46.8 Å². The number of nitrogens with one attached hydrogen (secondary N) is 1. The first-order valence-electron chi connectivity index (χ1n) is 8.34. The zero-order chi connectivity index (χ0) is 18.8.